The number of carbonyl (C=O) groups excluding carboxylic acids is 2. The zero-order valence-corrected chi connectivity index (χ0v) is 13.0. The smallest absolute Gasteiger partial charge is 0.310 e. The van der Waals surface area contributed by atoms with Crippen LogP contribution >= 0.6 is 15.9 Å². The van der Waals surface area contributed by atoms with Gasteiger partial charge in [0.1, 0.15) is 6.10 Å². The molecule has 1 aliphatic heterocycles. The maximum Gasteiger partial charge on any atom is 0.310 e. The molecule has 3 aliphatic rings. The molecule has 2 aliphatic carbocycles. The lowest BCUT2D eigenvalue weighted by Crippen LogP contribution is -2.43. The van der Waals surface area contributed by atoms with E-state index in [1.807, 2.05) is 30.3 Å². The van der Waals surface area contributed by atoms with Gasteiger partial charge in [-0.3, -0.25) is 9.59 Å². The number of esters is 1. The van der Waals surface area contributed by atoms with Crippen LogP contribution in [0.3, 0.4) is 0 Å². The summed E-state index contributed by atoms with van der Waals surface area (Å²) in [5.74, 6) is -0.238. The predicted molar refractivity (Wildman–Crippen MR) is 79.5 cm³/mol. The lowest BCUT2D eigenvalue weighted by Gasteiger charge is -2.27. The fraction of sp³-hybridized carbons (Fsp3) is 0.500. The lowest BCUT2D eigenvalue weighted by atomic mass is 9.79. The molecule has 1 N–H and O–H groups in total. The Morgan fingerprint density at radius 2 is 2.05 bits per heavy atom. The van der Waals surface area contributed by atoms with E-state index in [9.17, 15) is 9.59 Å². The monoisotopic (exact) mass is 349 g/mol. The quantitative estimate of drug-likeness (QED) is 0.669. The fourth-order valence-electron chi connectivity index (χ4n) is 4.23. The minimum absolute atomic E-state index is 0.0156. The molecule has 0 spiro atoms. The third-order valence-corrected chi connectivity index (χ3v) is 6.34. The maximum atomic E-state index is 12.5. The van der Waals surface area contributed by atoms with Gasteiger partial charge in [-0.2, -0.15) is 0 Å². The summed E-state index contributed by atoms with van der Waals surface area (Å²) in [6.45, 7) is 0.506. The number of amides is 1. The molecule has 1 aromatic carbocycles. The molecular formula is C16H16BrNO3. The van der Waals surface area contributed by atoms with E-state index < -0.39 is 0 Å². The molecule has 0 radical (unpaired) electrons. The first-order chi connectivity index (χ1) is 10.2. The zero-order valence-electron chi connectivity index (χ0n) is 11.4. The summed E-state index contributed by atoms with van der Waals surface area (Å²) in [5.41, 5.74) is 1.07. The molecule has 2 saturated carbocycles. The van der Waals surface area contributed by atoms with Gasteiger partial charge >= 0.3 is 5.97 Å². The second-order valence-electron chi connectivity index (χ2n) is 6.16. The van der Waals surface area contributed by atoms with Crippen LogP contribution in [0.15, 0.2) is 30.3 Å². The highest BCUT2D eigenvalue weighted by atomic mass is 79.9. The number of ether oxygens (including phenoxy) is 1. The van der Waals surface area contributed by atoms with Crippen LogP contribution in [0, 0.1) is 23.7 Å². The van der Waals surface area contributed by atoms with Gasteiger partial charge in [-0.15, -0.1) is 0 Å². The first-order valence-corrected chi connectivity index (χ1v) is 8.24. The standard InChI is InChI=1S/C16H16BrNO3/c17-13-9-6-10-12(16(20)21-14(10)13)11(9)15(19)18-7-8-4-2-1-3-5-8/h1-5,9-14H,6-7H2,(H,18,19)/t9-,10+,11-,12-,13+,14-/m0/s1. The number of carbonyl (C=O) groups is 2. The van der Waals surface area contributed by atoms with Crippen molar-refractivity contribution in [1.29, 1.82) is 0 Å². The number of rotatable bonds is 3. The van der Waals surface area contributed by atoms with Crippen LogP contribution < -0.4 is 5.32 Å². The van der Waals surface area contributed by atoms with Crippen LogP contribution in [-0.2, 0) is 20.9 Å². The maximum absolute atomic E-state index is 12.5. The van der Waals surface area contributed by atoms with Gasteiger partial charge in [0.05, 0.1) is 16.7 Å². The largest absolute Gasteiger partial charge is 0.461 e. The number of nitrogens with one attached hydrogen (secondary N) is 1. The Morgan fingerprint density at radius 3 is 2.81 bits per heavy atom. The molecule has 1 heterocycles. The summed E-state index contributed by atoms with van der Waals surface area (Å²) in [6, 6.07) is 9.81. The Morgan fingerprint density at radius 1 is 1.29 bits per heavy atom. The summed E-state index contributed by atoms with van der Waals surface area (Å²) >= 11 is 3.62. The molecule has 1 saturated heterocycles. The molecule has 110 valence electrons. The molecule has 1 aromatic rings. The van der Waals surface area contributed by atoms with E-state index in [-0.39, 0.29) is 46.5 Å². The van der Waals surface area contributed by atoms with Crippen LogP contribution in [0.5, 0.6) is 0 Å². The Hall–Kier alpha value is -1.36. The van der Waals surface area contributed by atoms with Gasteiger partial charge in [-0.05, 0) is 17.9 Å². The highest BCUT2D eigenvalue weighted by Gasteiger charge is 2.67. The second-order valence-corrected chi connectivity index (χ2v) is 7.22. The number of halogens is 1. The molecule has 1 amide bonds. The van der Waals surface area contributed by atoms with E-state index >= 15 is 0 Å². The molecule has 0 aromatic heterocycles. The summed E-state index contributed by atoms with van der Waals surface area (Å²) in [7, 11) is 0. The molecule has 6 atom stereocenters. The van der Waals surface area contributed by atoms with E-state index in [4.69, 9.17) is 4.74 Å². The second kappa shape index (κ2) is 4.83. The van der Waals surface area contributed by atoms with E-state index in [1.165, 1.54) is 0 Å². The zero-order chi connectivity index (χ0) is 14.6. The van der Waals surface area contributed by atoms with Gasteiger partial charge in [0.2, 0.25) is 5.91 Å². The molecule has 2 bridgehead atoms. The van der Waals surface area contributed by atoms with E-state index in [1.54, 1.807) is 0 Å². The molecule has 0 unspecified atom stereocenters. The van der Waals surface area contributed by atoms with E-state index in [0.29, 0.717) is 6.54 Å². The van der Waals surface area contributed by atoms with Crippen molar-refractivity contribution in [1.82, 2.24) is 5.32 Å². The summed E-state index contributed by atoms with van der Waals surface area (Å²) in [4.78, 5) is 24.7. The molecule has 21 heavy (non-hydrogen) atoms. The van der Waals surface area contributed by atoms with E-state index in [2.05, 4.69) is 21.2 Å². The van der Waals surface area contributed by atoms with Gasteiger partial charge in [0, 0.05) is 12.5 Å². The number of fused-ring (bicyclic) bond motifs is 1. The summed E-state index contributed by atoms with van der Waals surface area (Å²) < 4.78 is 5.43. The Kier molecular flexibility index (Phi) is 3.06. The number of hydrogen-bond acceptors (Lipinski definition) is 3. The van der Waals surface area contributed by atoms with Crippen molar-refractivity contribution in [3.63, 3.8) is 0 Å². The predicted octanol–water partition coefficient (Wildman–Crippen LogP) is 1.87. The van der Waals surface area contributed by atoms with Crippen molar-refractivity contribution in [3.8, 4) is 0 Å². The number of benzene rings is 1. The van der Waals surface area contributed by atoms with Gasteiger partial charge in [0.25, 0.3) is 0 Å². The SMILES string of the molecule is O=C(NCc1ccccc1)[C@H]1[C@@H]2C[C@H]3[C@H](OC(=O)[C@@H]31)[C@@H]2Br. The van der Waals surface area contributed by atoms with Gasteiger partial charge < -0.3 is 10.1 Å². The number of hydrogen-bond donors (Lipinski definition) is 1. The fourth-order valence-corrected chi connectivity index (χ4v) is 5.28. The highest BCUT2D eigenvalue weighted by molar-refractivity contribution is 9.09. The topological polar surface area (TPSA) is 55.4 Å². The first kappa shape index (κ1) is 13.3. The van der Waals surface area contributed by atoms with Crippen LogP contribution in [0.2, 0.25) is 0 Å². The molecule has 3 fully saturated rings. The molecule has 4 nitrogen and oxygen atoms in total. The average Bonchev–Trinajstić information content (AvgIpc) is 3.10. The van der Waals surface area contributed by atoms with Gasteiger partial charge in [0.15, 0.2) is 0 Å². The minimum Gasteiger partial charge on any atom is -0.461 e. The van der Waals surface area contributed by atoms with Crippen LogP contribution in [0.25, 0.3) is 0 Å². The summed E-state index contributed by atoms with van der Waals surface area (Å²) in [5, 5.41) is 2.98. The normalized spacial score (nSPS) is 39.4. The van der Waals surface area contributed by atoms with Crippen molar-refractivity contribution in [2.45, 2.75) is 23.9 Å². The van der Waals surface area contributed by atoms with Gasteiger partial charge in [-0.1, -0.05) is 46.3 Å². The Balaban J connectivity index is 1.49. The van der Waals surface area contributed by atoms with Crippen molar-refractivity contribution < 1.29 is 14.3 Å². The molecular weight excluding hydrogens is 334 g/mol. The van der Waals surface area contributed by atoms with Crippen molar-refractivity contribution in [2.24, 2.45) is 23.7 Å². The average molecular weight is 350 g/mol. The van der Waals surface area contributed by atoms with E-state index in [0.717, 1.165) is 12.0 Å². The minimum atomic E-state index is -0.241. The third-order valence-electron chi connectivity index (χ3n) is 5.14. The van der Waals surface area contributed by atoms with Gasteiger partial charge in [-0.25, -0.2) is 0 Å². The third kappa shape index (κ3) is 1.94. The van der Waals surface area contributed by atoms with Crippen LogP contribution in [-0.4, -0.2) is 22.8 Å². The molecule has 4 rings (SSSR count). The highest BCUT2D eigenvalue weighted by Crippen LogP contribution is 2.59. The van der Waals surface area contributed by atoms with Crippen LogP contribution in [0.1, 0.15) is 12.0 Å². The van der Waals surface area contributed by atoms with Crippen LogP contribution in [0.4, 0.5) is 0 Å². The van der Waals surface area contributed by atoms with Crippen molar-refractivity contribution >= 4 is 27.8 Å². The van der Waals surface area contributed by atoms with Crippen molar-refractivity contribution in [2.75, 3.05) is 0 Å². The lowest BCUT2D eigenvalue weighted by molar-refractivity contribution is -0.145. The Bertz CT molecular complexity index is 590. The first-order valence-electron chi connectivity index (χ1n) is 7.33. The summed E-state index contributed by atoms with van der Waals surface area (Å²) in [6.07, 6.45) is 0.895. The number of alkyl halides is 1. The Labute approximate surface area is 131 Å². The molecule has 5 heteroatoms. The van der Waals surface area contributed by atoms with Crippen molar-refractivity contribution in [3.05, 3.63) is 35.9 Å².